The number of ether oxygens (including phenoxy) is 1. The molecule has 118 valence electrons. The molecule has 0 spiro atoms. The summed E-state index contributed by atoms with van der Waals surface area (Å²) in [4.78, 5) is 11.2. The molecular formula is C18H34O2. The molecule has 0 aromatic rings. The van der Waals surface area contributed by atoms with Gasteiger partial charge in [0.1, 0.15) is 0 Å². The lowest BCUT2D eigenvalue weighted by Crippen LogP contribution is -2.06. The molecular weight excluding hydrogens is 248 g/mol. The Balaban J connectivity index is 3.30. The zero-order chi connectivity index (χ0) is 15.2. The smallest absolute Gasteiger partial charge is 0.333 e. The molecule has 0 saturated heterocycles. The number of esters is 1. The molecule has 0 amide bonds. The lowest BCUT2D eigenvalue weighted by molar-refractivity contribution is -0.139. The molecule has 0 fully saturated rings. The molecule has 20 heavy (non-hydrogen) atoms. The first-order valence-electron chi connectivity index (χ1n) is 8.40. The zero-order valence-corrected chi connectivity index (χ0v) is 13.9. The molecule has 1 unspecified atom stereocenters. The van der Waals surface area contributed by atoms with Gasteiger partial charge in [-0.25, -0.2) is 4.79 Å². The minimum absolute atomic E-state index is 0.259. The SMILES string of the molecule is C=C(C)C(=O)OCCCCC(C)CCCCCCCC. The molecule has 0 aliphatic heterocycles. The van der Waals surface area contributed by atoms with Crippen molar-refractivity contribution in [1.29, 1.82) is 0 Å². The van der Waals surface area contributed by atoms with Gasteiger partial charge in [0.05, 0.1) is 6.61 Å². The van der Waals surface area contributed by atoms with E-state index in [1.165, 1.54) is 51.4 Å². The fraction of sp³-hybridized carbons (Fsp3) is 0.833. The number of hydrogen-bond acceptors (Lipinski definition) is 2. The molecule has 1 atom stereocenters. The van der Waals surface area contributed by atoms with Crippen molar-refractivity contribution in [2.24, 2.45) is 5.92 Å². The van der Waals surface area contributed by atoms with Crippen molar-refractivity contribution in [2.45, 2.75) is 85.0 Å². The van der Waals surface area contributed by atoms with Crippen molar-refractivity contribution >= 4 is 5.97 Å². The van der Waals surface area contributed by atoms with Gasteiger partial charge >= 0.3 is 5.97 Å². The van der Waals surface area contributed by atoms with Crippen molar-refractivity contribution in [1.82, 2.24) is 0 Å². The van der Waals surface area contributed by atoms with Gasteiger partial charge < -0.3 is 4.74 Å². The molecule has 2 heteroatoms. The molecule has 0 aromatic carbocycles. The third-order valence-electron chi connectivity index (χ3n) is 3.72. The van der Waals surface area contributed by atoms with Crippen molar-refractivity contribution in [2.75, 3.05) is 6.61 Å². The van der Waals surface area contributed by atoms with Crippen molar-refractivity contribution < 1.29 is 9.53 Å². The van der Waals surface area contributed by atoms with Crippen molar-refractivity contribution in [3.63, 3.8) is 0 Å². The van der Waals surface area contributed by atoms with Crippen molar-refractivity contribution in [3.05, 3.63) is 12.2 Å². The molecule has 0 radical (unpaired) electrons. The van der Waals surface area contributed by atoms with Crippen LogP contribution >= 0.6 is 0 Å². The minimum Gasteiger partial charge on any atom is -0.462 e. The highest BCUT2D eigenvalue weighted by molar-refractivity contribution is 5.86. The van der Waals surface area contributed by atoms with E-state index < -0.39 is 0 Å². The lowest BCUT2D eigenvalue weighted by Gasteiger charge is -2.11. The maximum atomic E-state index is 11.2. The zero-order valence-electron chi connectivity index (χ0n) is 13.9. The van der Waals surface area contributed by atoms with Gasteiger partial charge in [-0.15, -0.1) is 0 Å². The van der Waals surface area contributed by atoms with Crippen LogP contribution < -0.4 is 0 Å². The van der Waals surface area contributed by atoms with Gasteiger partial charge in [0.15, 0.2) is 0 Å². The van der Waals surface area contributed by atoms with E-state index in [0.29, 0.717) is 12.2 Å². The summed E-state index contributed by atoms with van der Waals surface area (Å²) in [5.41, 5.74) is 0.487. The van der Waals surface area contributed by atoms with E-state index in [4.69, 9.17) is 4.74 Å². The highest BCUT2D eigenvalue weighted by Gasteiger charge is 2.04. The lowest BCUT2D eigenvalue weighted by atomic mass is 9.97. The summed E-state index contributed by atoms with van der Waals surface area (Å²) in [7, 11) is 0. The maximum absolute atomic E-state index is 11.2. The van der Waals surface area contributed by atoms with Gasteiger partial charge in [-0.05, 0) is 25.7 Å². The summed E-state index contributed by atoms with van der Waals surface area (Å²) in [5.74, 6) is 0.545. The Morgan fingerprint density at radius 3 is 2.15 bits per heavy atom. The summed E-state index contributed by atoms with van der Waals surface area (Å²) < 4.78 is 5.08. The van der Waals surface area contributed by atoms with Gasteiger partial charge in [-0.1, -0.05) is 71.8 Å². The number of unbranched alkanes of at least 4 members (excludes halogenated alkanes) is 6. The van der Waals surface area contributed by atoms with E-state index in [-0.39, 0.29) is 5.97 Å². The average Bonchev–Trinajstić information content (AvgIpc) is 2.41. The quantitative estimate of drug-likeness (QED) is 0.247. The van der Waals surface area contributed by atoms with E-state index in [1.54, 1.807) is 6.92 Å². The standard InChI is InChI=1S/C18H34O2/c1-5-6-7-8-9-10-13-17(4)14-11-12-15-20-18(19)16(2)3/h17H,2,5-15H2,1,3-4H3. The Morgan fingerprint density at radius 1 is 1.00 bits per heavy atom. The van der Waals surface area contributed by atoms with Crippen molar-refractivity contribution in [3.8, 4) is 0 Å². The summed E-state index contributed by atoms with van der Waals surface area (Å²) in [6, 6.07) is 0. The molecule has 2 nitrogen and oxygen atoms in total. The number of rotatable bonds is 13. The van der Waals surface area contributed by atoms with E-state index in [1.807, 2.05) is 0 Å². The second-order valence-electron chi connectivity index (χ2n) is 6.07. The predicted molar refractivity (Wildman–Crippen MR) is 86.8 cm³/mol. The largest absolute Gasteiger partial charge is 0.462 e. The first-order valence-corrected chi connectivity index (χ1v) is 8.40. The summed E-state index contributed by atoms with van der Waals surface area (Å²) in [6.45, 7) is 10.4. The van der Waals surface area contributed by atoms with Crippen LogP contribution in [0.3, 0.4) is 0 Å². The third-order valence-corrected chi connectivity index (χ3v) is 3.72. The molecule has 0 rings (SSSR count). The van der Waals surface area contributed by atoms with E-state index in [9.17, 15) is 4.79 Å². The fourth-order valence-corrected chi connectivity index (χ4v) is 2.30. The summed E-state index contributed by atoms with van der Waals surface area (Å²) in [5, 5.41) is 0. The molecule has 0 heterocycles. The second kappa shape index (κ2) is 13.2. The van der Waals surface area contributed by atoms with Gasteiger partial charge in [0.2, 0.25) is 0 Å². The number of carbonyl (C=O) groups excluding carboxylic acids is 1. The normalized spacial score (nSPS) is 12.2. The molecule has 0 aromatic heterocycles. The van der Waals surface area contributed by atoms with Crippen LogP contribution in [-0.2, 0) is 9.53 Å². The van der Waals surface area contributed by atoms with Gasteiger partial charge in [-0.3, -0.25) is 0 Å². The Bertz CT molecular complexity index is 258. The highest BCUT2D eigenvalue weighted by atomic mass is 16.5. The second-order valence-corrected chi connectivity index (χ2v) is 6.07. The molecule has 0 N–H and O–H groups in total. The molecule has 0 bridgehead atoms. The topological polar surface area (TPSA) is 26.3 Å². The van der Waals surface area contributed by atoms with Gasteiger partial charge in [0, 0.05) is 5.57 Å². The Morgan fingerprint density at radius 2 is 1.55 bits per heavy atom. The number of carbonyl (C=O) groups is 1. The predicted octanol–water partition coefficient (Wildman–Crippen LogP) is 5.66. The van der Waals surface area contributed by atoms with Crippen LogP contribution in [0.2, 0.25) is 0 Å². The molecule has 0 aliphatic carbocycles. The Hall–Kier alpha value is -0.790. The monoisotopic (exact) mass is 282 g/mol. The molecule has 0 saturated carbocycles. The average molecular weight is 282 g/mol. The highest BCUT2D eigenvalue weighted by Crippen LogP contribution is 2.17. The summed E-state index contributed by atoms with van der Waals surface area (Å²) in [6.07, 6.45) is 13.0. The van der Waals surface area contributed by atoms with Crippen LogP contribution in [0.1, 0.15) is 85.0 Å². The molecule has 0 aliphatic rings. The van der Waals surface area contributed by atoms with E-state index in [0.717, 1.165) is 18.8 Å². The first-order chi connectivity index (χ1) is 9.57. The van der Waals surface area contributed by atoms with Crippen LogP contribution in [0.25, 0.3) is 0 Å². The van der Waals surface area contributed by atoms with Crippen LogP contribution in [0, 0.1) is 5.92 Å². The summed E-state index contributed by atoms with van der Waals surface area (Å²) >= 11 is 0. The van der Waals surface area contributed by atoms with Crippen LogP contribution in [0.5, 0.6) is 0 Å². The van der Waals surface area contributed by atoms with E-state index in [2.05, 4.69) is 20.4 Å². The van der Waals surface area contributed by atoms with Crippen LogP contribution in [0.15, 0.2) is 12.2 Å². The van der Waals surface area contributed by atoms with Crippen LogP contribution in [-0.4, -0.2) is 12.6 Å². The Labute approximate surface area is 126 Å². The fourth-order valence-electron chi connectivity index (χ4n) is 2.30. The van der Waals surface area contributed by atoms with E-state index >= 15 is 0 Å². The Kier molecular flexibility index (Phi) is 12.7. The maximum Gasteiger partial charge on any atom is 0.333 e. The number of hydrogen-bond donors (Lipinski definition) is 0. The first kappa shape index (κ1) is 19.2. The van der Waals surface area contributed by atoms with Crippen LogP contribution in [0.4, 0.5) is 0 Å². The third kappa shape index (κ3) is 12.3. The minimum atomic E-state index is -0.259. The van der Waals surface area contributed by atoms with Gasteiger partial charge in [-0.2, -0.15) is 0 Å². The van der Waals surface area contributed by atoms with Gasteiger partial charge in [0.25, 0.3) is 0 Å².